The van der Waals surface area contributed by atoms with Crippen LogP contribution in [0.2, 0.25) is 0 Å². The maximum absolute atomic E-state index is 13.7. The molecule has 0 fully saturated rings. The summed E-state index contributed by atoms with van der Waals surface area (Å²) < 4.78 is 18.9. The van der Waals surface area contributed by atoms with E-state index in [9.17, 15) is 4.39 Å². The van der Waals surface area contributed by atoms with Crippen LogP contribution in [0.1, 0.15) is 10.6 Å². The molecule has 0 aliphatic heterocycles. The van der Waals surface area contributed by atoms with Gasteiger partial charge in [0.15, 0.2) is 0 Å². The molecule has 0 radical (unpaired) electrons. The van der Waals surface area contributed by atoms with Gasteiger partial charge in [-0.2, -0.15) is 0 Å². The summed E-state index contributed by atoms with van der Waals surface area (Å²) in [6.45, 7) is 0. The van der Waals surface area contributed by atoms with Gasteiger partial charge in [0.05, 0.1) is 17.8 Å². The van der Waals surface area contributed by atoms with E-state index in [0.717, 1.165) is 22.7 Å². The third-order valence-electron chi connectivity index (χ3n) is 3.22. The van der Waals surface area contributed by atoms with Gasteiger partial charge in [0, 0.05) is 17.4 Å². The number of benzene rings is 2. The summed E-state index contributed by atoms with van der Waals surface area (Å²) in [5.41, 5.74) is 2.40. The van der Waals surface area contributed by atoms with E-state index in [1.807, 2.05) is 35.7 Å². The summed E-state index contributed by atoms with van der Waals surface area (Å²) in [6, 6.07) is 14.6. The van der Waals surface area contributed by atoms with Crippen LogP contribution in [0, 0.1) is 5.82 Å². The van der Waals surface area contributed by atoms with Crippen molar-refractivity contribution in [3.63, 3.8) is 0 Å². The Morgan fingerprint density at radius 2 is 1.86 bits per heavy atom. The molecule has 0 unspecified atom stereocenters. The number of ether oxygens (including phenoxy) is 1. The number of hydrogen-bond donors (Lipinski definition) is 0. The molecular formula is C17H14FNOS. The van der Waals surface area contributed by atoms with Crippen molar-refractivity contribution in [2.24, 2.45) is 0 Å². The van der Waals surface area contributed by atoms with Crippen LogP contribution in [0.25, 0.3) is 11.3 Å². The van der Waals surface area contributed by atoms with Crippen LogP contribution in [0.4, 0.5) is 4.39 Å². The van der Waals surface area contributed by atoms with E-state index in [4.69, 9.17) is 4.74 Å². The molecule has 2 aromatic carbocycles. The van der Waals surface area contributed by atoms with Crippen LogP contribution < -0.4 is 4.74 Å². The van der Waals surface area contributed by atoms with Crippen molar-refractivity contribution >= 4 is 11.3 Å². The lowest BCUT2D eigenvalue weighted by Gasteiger charge is -2.01. The predicted octanol–water partition coefficient (Wildman–Crippen LogP) is 4.55. The Hall–Kier alpha value is -2.20. The minimum atomic E-state index is -0.237. The average molecular weight is 299 g/mol. The number of halogens is 1. The lowest BCUT2D eigenvalue weighted by atomic mass is 10.1. The Kier molecular flexibility index (Phi) is 3.97. The van der Waals surface area contributed by atoms with Gasteiger partial charge in [-0.05, 0) is 29.8 Å². The van der Waals surface area contributed by atoms with Gasteiger partial charge in [-0.3, -0.25) is 0 Å². The first kappa shape index (κ1) is 13.8. The number of methoxy groups -OCH3 is 1. The second-order valence-electron chi connectivity index (χ2n) is 4.63. The Labute approximate surface area is 126 Å². The van der Waals surface area contributed by atoms with Gasteiger partial charge in [-0.25, -0.2) is 9.37 Å². The molecule has 3 rings (SSSR count). The van der Waals surface area contributed by atoms with E-state index >= 15 is 0 Å². The first-order valence-corrected chi connectivity index (χ1v) is 7.46. The Morgan fingerprint density at radius 3 is 2.57 bits per heavy atom. The van der Waals surface area contributed by atoms with Gasteiger partial charge in [0.1, 0.15) is 11.6 Å². The van der Waals surface area contributed by atoms with E-state index in [-0.39, 0.29) is 5.82 Å². The van der Waals surface area contributed by atoms with E-state index in [2.05, 4.69) is 4.98 Å². The summed E-state index contributed by atoms with van der Waals surface area (Å²) in [7, 11) is 1.65. The molecule has 21 heavy (non-hydrogen) atoms. The highest BCUT2D eigenvalue weighted by molar-refractivity contribution is 7.10. The Bertz CT molecular complexity index is 737. The quantitative estimate of drug-likeness (QED) is 0.705. The molecule has 0 spiro atoms. The Morgan fingerprint density at radius 1 is 1.10 bits per heavy atom. The third-order valence-corrected chi connectivity index (χ3v) is 4.06. The highest BCUT2D eigenvalue weighted by Gasteiger charge is 2.09. The minimum absolute atomic E-state index is 0.237. The lowest BCUT2D eigenvalue weighted by Crippen LogP contribution is -1.89. The maximum Gasteiger partial charge on any atom is 0.132 e. The third kappa shape index (κ3) is 3.11. The van der Waals surface area contributed by atoms with Crippen molar-refractivity contribution in [1.82, 2.24) is 4.98 Å². The topological polar surface area (TPSA) is 22.1 Å². The van der Waals surface area contributed by atoms with Crippen LogP contribution in [-0.2, 0) is 6.42 Å². The molecule has 0 bridgehead atoms. The summed E-state index contributed by atoms with van der Waals surface area (Å²) in [5, 5.41) is 2.87. The van der Waals surface area contributed by atoms with Crippen LogP contribution >= 0.6 is 11.3 Å². The van der Waals surface area contributed by atoms with Gasteiger partial charge in [-0.1, -0.05) is 24.3 Å². The molecule has 2 nitrogen and oxygen atoms in total. The first-order chi connectivity index (χ1) is 10.3. The van der Waals surface area contributed by atoms with Gasteiger partial charge in [0.25, 0.3) is 0 Å². The monoisotopic (exact) mass is 299 g/mol. The largest absolute Gasteiger partial charge is 0.497 e. The van der Waals surface area contributed by atoms with E-state index in [1.165, 1.54) is 6.07 Å². The van der Waals surface area contributed by atoms with Crippen molar-refractivity contribution < 1.29 is 9.13 Å². The van der Waals surface area contributed by atoms with Crippen molar-refractivity contribution in [3.05, 3.63) is 70.3 Å². The molecule has 0 N–H and O–H groups in total. The smallest absolute Gasteiger partial charge is 0.132 e. The van der Waals surface area contributed by atoms with Crippen molar-refractivity contribution in [2.45, 2.75) is 6.42 Å². The second kappa shape index (κ2) is 6.06. The van der Waals surface area contributed by atoms with Gasteiger partial charge in [-0.15, -0.1) is 11.3 Å². The fourth-order valence-electron chi connectivity index (χ4n) is 2.10. The molecule has 0 saturated heterocycles. The highest BCUT2D eigenvalue weighted by atomic mass is 32.1. The average Bonchev–Trinajstić information content (AvgIpc) is 2.97. The molecule has 0 aliphatic carbocycles. The fraction of sp³-hybridized carbons (Fsp3) is 0.118. The van der Waals surface area contributed by atoms with Crippen LogP contribution in [0.5, 0.6) is 5.75 Å². The molecule has 3 aromatic rings. The maximum atomic E-state index is 13.7. The van der Waals surface area contributed by atoms with E-state index in [1.54, 1.807) is 30.6 Å². The summed E-state index contributed by atoms with van der Waals surface area (Å²) in [5.74, 6) is 0.601. The van der Waals surface area contributed by atoms with Crippen LogP contribution in [0.3, 0.4) is 0 Å². The summed E-state index contributed by atoms with van der Waals surface area (Å²) in [6.07, 6.45) is 0.739. The summed E-state index contributed by atoms with van der Waals surface area (Å²) in [4.78, 5) is 4.53. The molecule has 0 amide bonds. The van der Waals surface area contributed by atoms with Crippen molar-refractivity contribution in [3.8, 4) is 17.0 Å². The van der Waals surface area contributed by atoms with Crippen LogP contribution in [-0.4, -0.2) is 12.1 Å². The lowest BCUT2D eigenvalue weighted by molar-refractivity contribution is 0.414. The first-order valence-electron chi connectivity index (χ1n) is 6.58. The molecule has 1 heterocycles. The molecular weight excluding hydrogens is 285 g/mol. The van der Waals surface area contributed by atoms with Crippen LogP contribution in [0.15, 0.2) is 53.9 Å². The molecule has 0 saturated carbocycles. The molecule has 0 atom stereocenters. The standard InChI is InChI=1S/C17H14FNOS/c1-20-13-8-6-12(7-9-13)10-17-19-16(11-21-17)14-4-2-3-5-15(14)18/h2-9,11H,10H2,1H3. The van der Waals surface area contributed by atoms with Gasteiger partial charge >= 0.3 is 0 Å². The van der Waals surface area contributed by atoms with Gasteiger partial charge in [0.2, 0.25) is 0 Å². The Balaban J connectivity index is 1.80. The van der Waals surface area contributed by atoms with Gasteiger partial charge < -0.3 is 4.74 Å². The number of rotatable bonds is 4. The molecule has 0 aliphatic rings. The zero-order valence-corrected chi connectivity index (χ0v) is 12.4. The molecule has 1 aromatic heterocycles. The minimum Gasteiger partial charge on any atom is -0.497 e. The molecule has 4 heteroatoms. The predicted molar refractivity (Wildman–Crippen MR) is 83.3 cm³/mol. The zero-order valence-electron chi connectivity index (χ0n) is 11.5. The summed E-state index contributed by atoms with van der Waals surface area (Å²) >= 11 is 1.55. The number of hydrogen-bond acceptors (Lipinski definition) is 3. The number of nitrogens with zero attached hydrogens (tertiary/aromatic N) is 1. The molecule has 106 valence electrons. The fourth-order valence-corrected chi connectivity index (χ4v) is 2.93. The number of thiazole rings is 1. The van der Waals surface area contributed by atoms with E-state index in [0.29, 0.717) is 11.3 Å². The van der Waals surface area contributed by atoms with Crippen molar-refractivity contribution in [1.29, 1.82) is 0 Å². The number of aromatic nitrogens is 1. The SMILES string of the molecule is COc1ccc(Cc2nc(-c3ccccc3F)cs2)cc1. The normalized spacial score (nSPS) is 10.6. The van der Waals surface area contributed by atoms with Crippen molar-refractivity contribution in [2.75, 3.05) is 7.11 Å². The van der Waals surface area contributed by atoms with E-state index < -0.39 is 0 Å². The zero-order chi connectivity index (χ0) is 14.7. The highest BCUT2D eigenvalue weighted by Crippen LogP contribution is 2.25. The second-order valence-corrected chi connectivity index (χ2v) is 5.57.